The molecule has 3 N–H and O–H groups in total. The van der Waals surface area contributed by atoms with Crippen LogP contribution in [0, 0.1) is 5.82 Å². The molecule has 0 bridgehead atoms. The lowest BCUT2D eigenvalue weighted by atomic mass is 10.1. The highest BCUT2D eigenvalue weighted by atomic mass is 79.9. The molecule has 0 radical (unpaired) electrons. The van der Waals surface area contributed by atoms with Gasteiger partial charge in [0.25, 0.3) is 0 Å². The van der Waals surface area contributed by atoms with E-state index in [-0.39, 0.29) is 22.0 Å². The van der Waals surface area contributed by atoms with Crippen LogP contribution in [0.2, 0.25) is 5.02 Å². The third kappa shape index (κ3) is 3.46. The first-order valence-corrected chi connectivity index (χ1v) is 6.99. The normalized spacial score (nSPS) is 10.3. The summed E-state index contributed by atoms with van der Waals surface area (Å²) < 4.78 is 19.2. The molecule has 0 fully saturated rings. The Balaban J connectivity index is 2.50. The van der Waals surface area contributed by atoms with Crippen LogP contribution < -0.4 is 11.1 Å². The van der Waals surface area contributed by atoms with Crippen LogP contribution >= 0.6 is 27.5 Å². The average molecular weight is 374 g/mol. The van der Waals surface area contributed by atoms with Gasteiger partial charge in [-0.3, -0.25) is 0 Å². The van der Waals surface area contributed by atoms with E-state index in [1.54, 1.807) is 6.07 Å². The minimum absolute atomic E-state index is 0.129. The molecule has 0 unspecified atom stereocenters. The molecule has 0 saturated carbocycles. The number of esters is 1. The predicted molar refractivity (Wildman–Crippen MR) is 84.6 cm³/mol. The maximum Gasteiger partial charge on any atom is 0.340 e. The van der Waals surface area contributed by atoms with Crippen molar-refractivity contribution >= 4 is 50.6 Å². The molecule has 2 aromatic rings. The summed E-state index contributed by atoms with van der Waals surface area (Å²) in [5, 5.41) is 2.99. The molecule has 0 atom stereocenters. The molecule has 0 aliphatic carbocycles. The van der Waals surface area contributed by atoms with E-state index in [0.29, 0.717) is 10.2 Å². The number of methoxy groups -OCH3 is 1. The van der Waals surface area contributed by atoms with Crippen LogP contribution in [0.5, 0.6) is 0 Å². The van der Waals surface area contributed by atoms with Gasteiger partial charge in [-0.15, -0.1) is 0 Å². The van der Waals surface area contributed by atoms with E-state index in [4.69, 9.17) is 17.3 Å². The van der Waals surface area contributed by atoms with Gasteiger partial charge in [0.1, 0.15) is 5.82 Å². The number of hydrogen-bond donors (Lipinski definition) is 2. The van der Waals surface area contributed by atoms with Crippen molar-refractivity contribution in [2.45, 2.75) is 0 Å². The Kier molecular flexibility index (Phi) is 4.69. The second kappa shape index (κ2) is 6.32. The number of carbonyl (C=O) groups is 1. The smallest absolute Gasteiger partial charge is 0.340 e. The SMILES string of the molecule is COC(=O)c1cc(N)cc(Cl)c1Nc1ccc(Br)cc1F. The summed E-state index contributed by atoms with van der Waals surface area (Å²) in [6.07, 6.45) is 0. The summed E-state index contributed by atoms with van der Waals surface area (Å²) in [6, 6.07) is 7.36. The summed E-state index contributed by atoms with van der Waals surface area (Å²) in [6.45, 7) is 0. The zero-order chi connectivity index (χ0) is 15.6. The zero-order valence-corrected chi connectivity index (χ0v) is 13.3. The summed E-state index contributed by atoms with van der Waals surface area (Å²) in [5.74, 6) is -1.11. The second-order valence-corrected chi connectivity index (χ2v) is 5.49. The Bertz CT molecular complexity index is 710. The van der Waals surface area contributed by atoms with Gasteiger partial charge in [-0.25, -0.2) is 9.18 Å². The largest absolute Gasteiger partial charge is 0.465 e. The highest BCUT2D eigenvalue weighted by Crippen LogP contribution is 2.33. The zero-order valence-electron chi connectivity index (χ0n) is 10.9. The highest BCUT2D eigenvalue weighted by Gasteiger charge is 2.17. The highest BCUT2D eigenvalue weighted by molar-refractivity contribution is 9.10. The lowest BCUT2D eigenvalue weighted by Gasteiger charge is -2.14. The Morgan fingerprint density at radius 1 is 1.38 bits per heavy atom. The van der Waals surface area contributed by atoms with Crippen molar-refractivity contribution in [2.75, 3.05) is 18.2 Å². The Morgan fingerprint density at radius 2 is 2.10 bits per heavy atom. The number of nitrogen functional groups attached to an aromatic ring is 1. The van der Waals surface area contributed by atoms with E-state index in [1.165, 1.54) is 31.4 Å². The van der Waals surface area contributed by atoms with E-state index in [9.17, 15) is 9.18 Å². The van der Waals surface area contributed by atoms with Crippen molar-refractivity contribution < 1.29 is 13.9 Å². The van der Waals surface area contributed by atoms with Crippen LogP contribution in [-0.4, -0.2) is 13.1 Å². The number of anilines is 3. The molecule has 0 amide bonds. The molecular formula is C14H11BrClFN2O2. The monoisotopic (exact) mass is 372 g/mol. The molecule has 7 heteroatoms. The minimum Gasteiger partial charge on any atom is -0.465 e. The molecule has 2 rings (SSSR count). The maximum atomic E-state index is 13.9. The number of carbonyl (C=O) groups excluding carboxylic acids is 1. The number of nitrogens with two attached hydrogens (primary N) is 1. The van der Waals surface area contributed by atoms with Gasteiger partial charge >= 0.3 is 5.97 Å². The van der Waals surface area contributed by atoms with Crippen LogP contribution in [-0.2, 0) is 4.74 Å². The number of rotatable bonds is 3. The Hall–Kier alpha value is -1.79. The standard InChI is InChI=1S/C14H11BrClFN2O2/c1-21-14(20)9-5-8(18)6-10(16)13(9)19-12-3-2-7(15)4-11(12)17/h2-6,19H,18H2,1H3. The molecule has 110 valence electrons. The van der Waals surface area contributed by atoms with Crippen molar-refractivity contribution in [2.24, 2.45) is 0 Å². The van der Waals surface area contributed by atoms with Crippen LogP contribution in [0.3, 0.4) is 0 Å². The van der Waals surface area contributed by atoms with E-state index in [0.717, 1.165) is 0 Å². The predicted octanol–water partition coefficient (Wildman–Crippen LogP) is 4.35. The van der Waals surface area contributed by atoms with Crippen molar-refractivity contribution in [3.63, 3.8) is 0 Å². The molecular weight excluding hydrogens is 363 g/mol. The number of nitrogens with one attached hydrogen (secondary N) is 1. The third-order valence-electron chi connectivity index (χ3n) is 2.71. The van der Waals surface area contributed by atoms with Crippen molar-refractivity contribution in [3.05, 3.63) is 51.2 Å². The van der Waals surface area contributed by atoms with Crippen LogP contribution in [0.1, 0.15) is 10.4 Å². The van der Waals surface area contributed by atoms with Gasteiger partial charge in [-0.2, -0.15) is 0 Å². The first-order chi connectivity index (χ1) is 9.92. The third-order valence-corrected chi connectivity index (χ3v) is 3.50. The van der Waals surface area contributed by atoms with E-state index < -0.39 is 11.8 Å². The number of halogens is 3. The first kappa shape index (κ1) is 15.6. The molecule has 0 heterocycles. The van der Waals surface area contributed by atoms with Gasteiger partial charge in [-0.05, 0) is 30.3 Å². The molecule has 21 heavy (non-hydrogen) atoms. The quantitative estimate of drug-likeness (QED) is 0.620. The van der Waals surface area contributed by atoms with Gasteiger partial charge in [0.05, 0.1) is 29.1 Å². The second-order valence-electron chi connectivity index (χ2n) is 4.17. The van der Waals surface area contributed by atoms with Gasteiger partial charge in [0.2, 0.25) is 0 Å². The van der Waals surface area contributed by atoms with Crippen LogP contribution in [0.4, 0.5) is 21.5 Å². The number of ether oxygens (including phenoxy) is 1. The maximum absolute atomic E-state index is 13.9. The van der Waals surface area contributed by atoms with Gasteiger partial charge in [0, 0.05) is 10.2 Å². The average Bonchev–Trinajstić information content (AvgIpc) is 2.42. The molecule has 0 aliphatic rings. The summed E-state index contributed by atoms with van der Waals surface area (Å²) >= 11 is 9.26. The molecule has 0 saturated heterocycles. The fraction of sp³-hybridized carbons (Fsp3) is 0.0714. The Morgan fingerprint density at radius 3 is 2.71 bits per heavy atom. The van der Waals surface area contributed by atoms with Gasteiger partial charge < -0.3 is 15.8 Å². The molecule has 0 aromatic heterocycles. The summed E-state index contributed by atoms with van der Waals surface area (Å²) in [7, 11) is 1.24. The number of benzene rings is 2. The van der Waals surface area contributed by atoms with E-state index >= 15 is 0 Å². The fourth-order valence-corrected chi connectivity index (χ4v) is 2.36. The lowest BCUT2D eigenvalue weighted by Crippen LogP contribution is -2.08. The van der Waals surface area contributed by atoms with Crippen LogP contribution in [0.25, 0.3) is 0 Å². The van der Waals surface area contributed by atoms with Crippen molar-refractivity contribution in [3.8, 4) is 0 Å². The molecule has 4 nitrogen and oxygen atoms in total. The van der Waals surface area contributed by atoms with E-state index in [1.807, 2.05) is 0 Å². The Labute approximate surface area is 134 Å². The number of hydrogen-bond acceptors (Lipinski definition) is 4. The van der Waals surface area contributed by atoms with E-state index in [2.05, 4.69) is 26.0 Å². The molecule has 0 aliphatic heterocycles. The van der Waals surface area contributed by atoms with Gasteiger partial charge in [0.15, 0.2) is 0 Å². The van der Waals surface area contributed by atoms with Gasteiger partial charge in [-0.1, -0.05) is 27.5 Å². The van der Waals surface area contributed by atoms with Crippen molar-refractivity contribution in [1.29, 1.82) is 0 Å². The fourth-order valence-electron chi connectivity index (χ4n) is 1.75. The molecule has 2 aromatic carbocycles. The summed E-state index contributed by atoms with van der Waals surface area (Å²) in [5.41, 5.74) is 6.51. The lowest BCUT2D eigenvalue weighted by molar-refractivity contribution is 0.0602. The summed E-state index contributed by atoms with van der Waals surface area (Å²) in [4.78, 5) is 11.8. The molecule has 0 spiro atoms. The minimum atomic E-state index is -0.621. The topological polar surface area (TPSA) is 64.3 Å². The van der Waals surface area contributed by atoms with Crippen LogP contribution in [0.15, 0.2) is 34.8 Å². The van der Waals surface area contributed by atoms with Crippen molar-refractivity contribution in [1.82, 2.24) is 0 Å². The first-order valence-electron chi connectivity index (χ1n) is 5.81.